The number of aryl methyl sites for hydroxylation is 1. The van der Waals surface area contributed by atoms with Gasteiger partial charge in [-0.05, 0) is 0 Å². The molecule has 4 nitrogen and oxygen atoms in total. The van der Waals surface area contributed by atoms with E-state index in [0.29, 0.717) is 0 Å². The van der Waals surface area contributed by atoms with Crippen LogP contribution in [0.5, 0.6) is 0 Å². The van der Waals surface area contributed by atoms with E-state index in [-0.39, 0.29) is 0 Å². The standard InChI is InChI=1S/C30H40N4S.Ni/c1-6-12-25-13-9-14-27(23-25)35-22-17-26-24-30(31-29-16-8-7-15-28(26)29)34(20-10-18-32(2)3)21-11-19-33(4)5;/h7-9,13-17,24,31H,1,6,10-12,18-21H2,2-5H3;/q-2;/b26-17+;. The van der Waals surface area contributed by atoms with Gasteiger partial charge in [0.05, 0.1) is 0 Å². The summed E-state index contributed by atoms with van der Waals surface area (Å²) in [5.41, 5.74) is 4.67. The molecule has 6 heteroatoms. The van der Waals surface area contributed by atoms with E-state index in [9.17, 15) is 0 Å². The van der Waals surface area contributed by atoms with Crippen molar-refractivity contribution in [3.8, 4) is 0 Å². The molecule has 1 N–H and O–H groups in total. The third-order valence-corrected chi connectivity index (χ3v) is 7.14. The van der Waals surface area contributed by atoms with Crippen molar-refractivity contribution in [2.45, 2.75) is 30.6 Å². The van der Waals surface area contributed by atoms with Crippen LogP contribution in [0.1, 0.15) is 30.4 Å². The number of nitrogens with zero attached hydrogens (tertiary/aromatic N) is 3. The molecular formula is C30H40N4NiS-2. The summed E-state index contributed by atoms with van der Waals surface area (Å²) < 4.78 is 0.882. The number of nitrogens with one attached hydrogen (secondary N) is 1. The molecule has 36 heavy (non-hydrogen) atoms. The summed E-state index contributed by atoms with van der Waals surface area (Å²) in [6.07, 6.45) is 8.47. The van der Waals surface area contributed by atoms with Gasteiger partial charge in [-0.15, -0.1) is 0 Å². The molecule has 0 spiro atoms. The fourth-order valence-corrected chi connectivity index (χ4v) is 5.36. The predicted octanol–water partition coefficient (Wildman–Crippen LogP) is 5.58. The molecule has 2 aromatic carbocycles. The van der Waals surface area contributed by atoms with Gasteiger partial charge in [-0.2, -0.15) is 0 Å². The molecule has 0 fully saturated rings. The second-order valence-corrected chi connectivity index (χ2v) is 11.5. The Morgan fingerprint density at radius 3 is 2.33 bits per heavy atom. The van der Waals surface area contributed by atoms with Gasteiger partial charge < -0.3 is 0 Å². The Labute approximate surface area is 230 Å². The Balaban J connectivity index is 1.84. The number of hydrogen-bond acceptors (Lipinski definition) is 5. The van der Waals surface area contributed by atoms with E-state index < -0.39 is 0 Å². The molecule has 0 bridgehead atoms. The molecule has 198 valence electrons. The van der Waals surface area contributed by atoms with Gasteiger partial charge in [0.15, 0.2) is 0 Å². The third-order valence-electron chi connectivity index (χ3n) is 5.94. The van der Waals surface area contributed by atoms with Gasteiger partial charge in [-0.3, -0.25) is 0 Å². The molecule has 0 saturated carbocycles. The van der Waals surface area contributed by atoms with Gasteiger partial charge >= 0.3 is 231 Å². The van der Waals surface area contributed by atoms with Gasteiger partial charge in [-0.1, -0.05) is 0 Å². The summed E-state index contributed by atoms with van der Waals surface area (Å²) in [5, 5.41) is 3.71. The van der Waals surface area contributed by atoms with Gasteiger partial charge in [0.2, 0.25) is 0 Å². The van der Waals surface area contributed by atoms with Crippen LogP contribution in [0.2, 0.25) is 0 Å². The molecule has 1 heterocycles. The first-order chi connectivity index (χ1) is 17.4. The zero-order chi connectivity index (χ0) is 25.9. The average molecular weight is 547 g/mol. The quantitative estimate of drug-likeness (QED) is 0.189. The summed E-state index contributed by atoms with van der Waals surface area (Å²) in [6.45, 7) is 8.13. The SMILES string of the molecule is [CH2-]CCc1[c-]c(S[C](=[Ni])/C=C2\C=C(N(CCCN(C)C)CCCN(C)C)Nc3ccccc32)ccc1. The normalized spacial score (nSPS) is 14.1. The average Bonchev–Trinajstić information content (AvgIpc) is 2.83. The molecule has 0 radical (unpaired) electrons. The van der Waals surface area contributed by atoms with Crippen molar-refractivity contribution in [2.24, 2.45) is 0 Å². The van der Waals surface area contributed by atoms with E-state index in [4.69, 9.17) is 15.0 Å². The first-order valence-electron chi connectivity index (χ1n) is 12.7. The van der Waals surface area contributed by atoms with E-state index in [0.717, 1.165) is 77.7 Å². The number of para-hydroxylation sites is 1. The predicted molar refractivity (Wildman–Crippen MR) is 154 cm³/mol. The van der Waals surface area contributed by atoms with Gasteiger partial charge in [0, 0.05) is 0 Å². The van der Waals surface area contributed by atoms with E-state index >= 15 is 0 Å². The van der Waals surface area contributed by atoms with Crippen molar-refractivity contribution in [2.75, 3.05) is 59.7 Å². The number of benzene rings is 2. The first-order valence-corrected chi connectivity index (χ1v) is 14.0. The van der Waals surface area contributed by atoms with Crippen molar-refractivity contribution in [1.29, 1.82) is 0 Å². The maximum atomic E-state index is 5.47. The Bertz CT molecular complexity index is 1050. The third kappa shape index (κ3) is 9.23. The Morgan fingerprint density at radius 2 is 1.67 bits per heavy atom. The minimum absolute atomic E-state index is 0.874. The first kappa shape index (κ1) is 28.7. The number of allylic oxidation sites excluding steroid dienone is 2. The summed E-state index contributed by atoms with van der Waals surface area (Å²) in [4.78, 5) is 8.06. The second-order valence-electron chi connectivity index (χ2n) is 9.62. The second kappa shape index (κ2) is 14.8. The molecule has 0 aromatic heterocycles. The zero-order valence-corrected chi connectivity index (χ0v) is 23.9. The van der Waals surface area contributed by atoms with Crippen LogP contribution in [0.15, 0.2) is 65.3 Å². The number of anilines is 1. The van der Waals surface area contributed by atoms with Crippen molar-refractivity contribution in [3.05, 3.63) is 84.6 Å². The molecule has 0 saturated heterocycles. The molecule has 3 rings (SSSR count). The van der Waals surface area contributed by atoms with Crippen molar-refractivity contribution < 1.29 is 15.0 Å². The molecule has 2 aromatic rings. The Morgan fingerprint density at radius 1 is 0.972 bits per heavy atom. The molecule has 0 unspecified atom stereocenters. The van der Waals surface area contributed by atoms with Crippen LogP contribution in [-0.2, 0) is 21.5 Å². The number of fused-ring (bicyclic) bond motifs is 1. The number of rotatable bonds is 14. The zero-order valence-electron chi connectivity index (χ0n) is 22.1. The Kier molecular flexibility index (Phi) is 11.8. The van der Waals surface area contributed by atoms with E-state index in [1.54, 1.807) is 11.8 Å². The maximum absolute atomic E-state index is 5.47. The van der Waals surface area contributed by atoms with Crippen LogP contribution in [0, 0.1) is 13.0 Å². The monoisotopic (exact) mass is 546 g/mol. The number of thioether (sulfide) groups is 1. The molecule has 1 aliphatic heterocycles. The van der Waals surface area contributed by atoms with E-state index in [1.807, 2.05) is 0 Å². The minimum atomic E-state index is 0.874. The van der Waals surface area contributed by atoms with Crippen molar-refractivity contribution >= 4 is 26.8 Å². The molecular weight excluding hydrogens is 507 g/mol. The summed E-state index contributed by atoms with van der Waals surface area (Å²) in [6, 6.07) is 18.3. The van der Waals surface area contributed by atoms with Gasteiger partial charge in [-0.25, -0.2) is 0 Å². The summed E-state index contributed by atoms with van der Waals surface area (Å²) >= 11 is 7.09. The van der Waals surface area contributed by atoms with Crippen LogP contribution in [0.3, 0.4) is 0 Å². The van der Waals surface area contributed by atoms with Crippen LogP contribution in [-0.4, -0.2) is 72.9 Å². The molecule has 0 atom stereocenters. The van der Waals surface area contributed by atoms with E-state index in [2.05, 4.69) is 116 Å². The van der Waals surface area contributed by atoms with Gasteiger partial charge in [0.1, 0.15) is 0 Å². The fourth-order valence-electron chi connectivity index (χ4n) is 4.17. The molecule has 1 aliphatic rings. The van der Waals surface area contributed by atoms with Crippen molar-refractivity contribution in [1.82, 2.24) is 14.7 Å². The summed E-state index contributed by atoms with van der Waals surface area (Å²) in [7, 11) is 8.55. The molecule has 0 aliphatic carbocycles. The van der Waals surface area contributed by atoms with Crippen LogP contribution < -0.4 is 5.32 Å². The van der Waals surface area contributed by atoms with Gasteiger partial charge in [0.25, 0.3) is 0 Å². The van der Waals surface area contributed by atoms with Crippen LogP contribution >= 0.6 is 11.8 Å². The molecule has 0 amide bonds. The van der Waals surface area contributed by atoms with Crippen molar-refractivity contribution in [3.63, 3.8) is 0 Å². The fraction of sp³-hybridized carbons (Fsp3) is 0.400. The topological polar surface area (TPSA) is 21.8 Å². The summed E-state index contributed by atoms with van der Waals surface area (Å²) in [5.74, 6) is 1.15. The number of hydrogen-bond donors (Lipinski definition) is 1. The van der Waals surface area contributed by atoms with E-state index in [1.165, 1.54) is 11.1 Å². The van der Waals surface area contributed by atoms with Crippen LogP contribution in [0.25, 0.3) is 5.57 Å². The van der Waals surface area contributed by atoms with Crippen LogP contribution in [0.4, 0.5) is 5.69 Å². The Hall–Kier alpha value is -1.85.